The summed E-state index contributed by atoms with van der Waals surface area (Å²) in [5, 5.41) is 8.64. The molecule has 0 aromatic carbocycles. The minimum absolute atomic E-state index is 0.00232. The van der Waals surface area contributed by atoms with Crippen molar-refractivity contribution in [1.29, 1.82) is 0 Å². The Balaban J connectivity index is 3.44. The van der Waals surface area contributed by atoms with Crippen LogP contribution >= 0.6 is 0 Å². The number of carbonyl (C=O) groups excluding carboxylic acids is 1. The molecule has 1 N–H and O–H groups in total. The Labute approximate surface area is 243 Å². The second-order valence-corrected chi connectivity index (χ2v) is 11.7. The Morgan fingerprint density at radius 1 is 0.564 bits per heavy atom. The van der Waals surface area contributed by atoms with Crippen LogP contribution in [0.2, 0.25) is 0 Å². The van der Waals surface area contributed by atoms with Crippen molar-refractivity contribution in [3.8, 4) is 0 Å². The van der Waals surface area contributed by atoms with Crippen molar-refractivity contribution >= 4 is 11.9 Å². The van der Waals surface area contributed by atoms with Gasteiger partial charge < -0.3 is 9.84 Å². The van der Waals surface area contributed by atoms with Gasteiger partial charge in [-0.1, -0.05) is 135 Å². The number of hydrogen-bond acceptors (Lipinski definition) is 3. The van der Waals surface area contributed by atoms with Crippen molar-refractivity contribution in [2.75, 3.05) is 0 Å². The molecule has 4 nitrogen and oxygen atoms in total. The summed E-state index contributed by atoms with van der Waals surface area (Å²) >= 11 is 0. The second kappa shape index (κ2) is 31.2. The van der Waals surface area contributed by atoms with Crippen LogP contribution in [0.1, 0.15) is 194 Å². The van der Waals surface area contributed by atoms with Gasteiger partial charge in [-0.3, -0.25) is 9.59 Å². The Bertz CT molecular complexity index is 557. The van der Waals surface area contributed by atoms with Crippen molar-refractivity contribution in [2.24, 2.45) is 0 Å². The normalized spacial score (nSPS) is 12.3. The smallest absolute Gasteiger partial charge is 0.306 e. The van der Waals surface area contributed by atoms with E-state index in [0.29, 0.717) is 12.8 Å². The molecule has 0 radical (unpaired) electrons. The van der Waals surface area contributed by atoms with Gasteiger partial charge >= 0.3 is 11.9 Å². The lowest BCUT2D eigenvalue weighted by Gasteiger charge is -2.16. The van der Waals surface area contributed by atoms with Crippen LogP contribution in [-0.2, 0) is 14.3 Å². The van der Waals surface area contributed by atoms with E-state index in [-0.39, 0.29) is 12.1 Å². The first-order valence-electron chi connectivity index (χ1n) is 17.2. The van der Waals surface area contributed by atoms with Crippen molar-refractivity contribution in [3.63, 3.8) is 0 Å². The number of ether oxygens (including phenoxy) is 1. The monoisotopic (exact) mass is 550 g/mol. The highest BCUT2D eigenvalue weighted by atomic mass is 16.5. The predicted octanol–water partition coefficient (Wildman–Crippen LogP) is 11.5. The minimum atomic E-state index is -0.681. The van der Waals surface area contributed by atoms with E-state index in [2.05, 4.69) is 26.0 Å². The number of allylic oxidation sites excluding steroid dienone is 2. The summed E-state index contributed by atoms with van der Waals surface area (Å²) in [4.78, 5) is 22.7. The minimum Gasteiger partial charge on any atom is -0.481 e. The lowest BCUT2D eigenvalue weighted by atomic mass is 10.0. The molecule has 0 aliphatic rings. The van der Waals surface area contributed by atoms with Crippen molar-refractivity contribution in [1.82, 2.24) is 0 Å². The fraction of sp³-hybridized carbons (Fsp3) is 0.886. The molecule has 0 spiro atoms. The highest BCUT2D eigenvalue weighted by Gasteiger charge is 2.12. The van der Waals surface area contributed by atoms with E-state index < -0.39 is 5.97 Å². The first kappa shape index (κ1) is 37.7. The van der Waals surface area contributed by atoms with E-state index in [1.807, 2.05) is 0 Å². The fourth-order valence-corrected chi connectivity index (χ4v) is 5.17. The average Bonchev–Trinajstić information content (AvgIpc) is 2.92. The highest BCUT2D eigenvalue weighted by molar-refractivity contribution is 5.69. The number of carbonyl (C=O) groups is 2. The summed E-state index contributed by atoms with van der Waals surface area (Å²) in [5.74, 6) is -0.683. The third kappa shape index (κ3) is 31.1. The molecule has 0 saturated heterocycles. The maximum Gasteiger partial charge on any atom is 0.306 e. The quantitative estimate of drug-likeness (QED) is 0.0529. The summed E-state index contributed by atoms with van der Waals surface area (Å²) in [6.07, 6.45) is 37.3. The zero-order valence-electron chi connectivity index (χ0n) is 26.2. The van der Waals surface area contributed by atoms with Gasteiger partial charge in [0.15, 0.2) is 0 Å². The van der Waals surface area contributed by atoms with Crippen LogP contribution in [0.15, 0.2) is 12.2 Å². The van der Waals surface area contributed by atoms with Gasteiger partial charge in [0, 0.05) is 12.8 Å². The topological polar surface area (TPSA) is 63.6 Å². The van der Waals surface area contributed by atoms with E-state index in [0.717, 1.165) is 51.4 Å². The molecule has 0 aromatic rings. The van der Waals surface area contributed by atoms with E-state index in [1.165, 1.54) is 116 Å². The molecule has 0 rings (SSSR count). The van der Waals surface area contributed by atoms with Gasteiger partial charge in [0.25, 0.3) is 0 Å². The SMILES string of the molecule is CCCCCCCC/C=C\CCCCCCCCCC(=O)OC(CC)CCCCCCCCCCCC(=O)O. The summed E-state index contributed by atoms with van der Waals surface area (Å²) in [7, 11) is 0. The second-order valence-electron chi connectivity index (χ2n) is 11.7. The molecule has 0 aromatic heterocycles. The molecule has 0 fully saturated rings. The van der Waals surface area contributed by atoms with Gasteiger partial charge in [0.05, 0.1) is 0 Å². The molecule has 0 saturated carbocycles. The number of carboxylic acids is 1. The lowest BCUT2D eigenvalue weighted by Crippen LogP contribution is -2.17. The van der Waals surface area contributed by atoms with E-state index >= 15 is 0 Å². The van der Waals surface area contributed by atoms with Crippen molar-refractivity contribution < 1.29 is 19.4 Å². The molecule has 1 atom stereocenters. The van der Waals surface area contributed by atoms with Gasteiger partial charge in [0.1, 0.15) is 6.10 Å². The molecule has 0 heterocycles. The number of esters is 1. The number of carboxylic acid groups (broad SMARTS) is 1. The van der Waals surface area contributed by atoms with Crippen LogP contribution in [0.25, 0.3) is 0 Å². The van der Waals surface area contributed by atoms with Crippen LogP contribution in [0.3, 0.4) is 0 Å². The first-order valence-corrected chi connectivity index (χ1v) is 17.2. The molecule has 0 aliphatic carbocycles. The Kier molecular flexibility index (Phi) is 30.2. The van der Waals surface area contributed by atoms with Gasteiger partial charge in [-0.25, -0.2) is 0 Å². The van der Waals surface area contributed by atoms with Crippen LogP contribution < -0.4 is 0 Å². The fourth-order valence-electron chi connectivity index (χ4n) is 5.17. The standard InChI is InChI=1S/C35H66O4/c1-3-5-6-7-8-9-10-11-12-13-14-15-16-20-23-26-29-32-35(38)39-33(4-2)30-27-24-21-18-17-19-22-25-28-31-34(36)37/h11-12,33H,3-10,13-32H2,1-2H3,(H,36,37)/b12-11-. The van der Waals surface area contributed by atoms with Crippen LogP contribution in [-0.4, -0.2) is 23.1 Å². The van der Waals surface area contributed by atoms with Gasteiger partial charge in [0.2, 0.25) is 0 Å². The summed E-state index contributed by atoms with van der Waals surface area (Å²) in [6, 6.07) is 0. The molecule has 230 valence electrons. The van der Waals surface area contributed by atoms with Crippen LogP contribution in [0.5, 0.6) is 0 Å². The lowest BCUT2D eigenvalue weighted by molar-refractivity contribution is -0.149. The van der Waals surface area contributed by atoms with Gasteiger partial charge in [-0.05, 0) is 57.8 Å². The summed E-state index contributed by atoms with van der Waals surface area (Å²) < 4.78 is 5.74. The van der Waals surface area contributed by atoms with Gasteiger partial charge in [-0.2, -0.15) is 0 Å². The Morgan fingerprint density at radius 2 is 0.974 bits per heavy atom. The van der Waals surface area contributed by atoms with Crippen molar-refractivity contribution in [2.45, 2.75) is 200 Å². The molecule has 0 bridgehead atoms. The summed E-state index contributed by atoms with van der Waals surface area (Å²) in [6.45, 7) is 4.39. The Hall–Kier alpha value is -1.32. The number of hydrogen-bond donors (Lipinski definition) is 1. The van der Waals surface area contributed by atoms with E-state index in [9.17, 15) is 9.59 Å². The van der Waals surface area contributed by atoms with Crippen molar-refractivity contribution in [3.05, 3.63) is 12.2 Å². The number of unbranched alkanes of at least 4 members (excludes halogenated alkanes) is 21. The molecule has 39 heavy (non-hydrogen) atoms. The highest BCUT2D eigenvalue weighted by Crippen LogP contribution is 2.16. The maximum atomic E-state index is 12.2. The van der Waals surface area contributed by atoms with Crippen LogP contribution in [0.4, 0.5) is 0 Å². The average molecular weight is 551 g/mol. The predicted molar refractivity (Wildman–Crippen MR) is 167 cm³/mol. The molecule has 0 amide bonds. The van der Waals surface area contributed by atoms with Gasteiger partial charge in [-0.15, -0.1) is 0 Å². The number of aliphatic carboxylic acids is 1. The maximum absolute atomic E-state index is 12.2. The largest absolute Gasteiger partial charge is 0.481 e. The zero-order valence-corrected chi connectivity index (χ0v) is 26.2. The zero-order chi connectivity index (χ0) is 28.7. The molecule has 0 aliphatic heterocycles. The van der Waals surface area contributed by atoms with E-state index in [4.69, 9.17) is 9.84 Å². The summed E-state index contributed by atoms with van der Waals surface area (Å²) in [5.41, 5.74) is 0. The number of rotatable bonds is 31. The third-order valence-electron chi connectivity index (χ3n) is 7.81. The molecular weight excluding hydrogens is 484 g/mol. The Morgan fingerprint density at radius 3 is 1.44 bits per heavy atom. The first-order chi connectivity index (χ1) is 19.1. The van der Waals surface area contributed by atoms with E-state index in [1.54, 1.807) is 0 Å². The molecule has 4 heteroatoms. The third-order valence-corrected chi connectivity index (χ3v) is 7.81. The molecular formula is C35H66O4. The molecule has 1 unspecified atom stereocenters. The van der Waals surface area contributed by atoms with Crippen LogP contribution in [0, 0.1) is 0 Å².